The average molecular weight is 333 g/mol. The van der Waals surface area contributed by atoms with E-state index in [9.17, 15) is 9.90 Å². The molecule has 2 rings (SSSR count). The first-order chi connectivity index (χ1) is 11.1. The van der Waals surface area contributed by atoms with Gasteiger partial charge >= 0.3 is 6.03 Å². The van der Waals surface area contributed by atoms with Crippen LogP contribution in [0.5, 0.6) is 5.75 Å². The Morgan fingerprint density at radius 3 is 2.61 bits per heavy atom. The number of benzene rings is 2. The summed E-state index contributed by atoms with van der Waals surface area (Å²) in [6.45, 7) is 3.26. The summed E-state index contributed by atoms with van der Waals surface area (Å²) >= 11 is 5.88. The van der Waals surface area contributed by atoms with Crippen molar-refractivity contribution in [1.82, 2.24) is 4.90 Å². The number of phenolic OH excluding ortho intramolecular Hbond substituents is 1. The Labute approximate surface area is 141 Å². The van der Waals surface area contributed by atoms with Crippen LogP contribution < -0.4 is 5.32 Å². The van der Waals surface area contributed by atoms with Crippen LogP contribution in [0.15, 0.2) is 48.5 Å². The molecule has 2 aromatic carbocycles. The second kappa shape index (κ2) is 8.44. The quantitative estimate of drug-likeness (QED) is 0.741. The van der Waals surface area contributed by atoms with E-state index in [2.05, 4.69) is 12.2 Å². The van der Waals surface area contributed by atoms with E-state index in [0.29, 0.717) is 18.8 Å². The summed E-state index contributed by atoms with van der Waals surface area (Å²) in [4.78, 5) is 14.3. The zero-order valence-corrected chi connectivity index (χ0v) is 13.9. The third-order valence-corrected chi connectivity index (χ3v) is 3.82. The van der Waals surface area contributed by atoms with Gasteiger partial charge in [0.05, 0.1) is 10.7 Å². The highest BCUT2D eigenvalue weighted by Crippen LogP contribution is 2.31. The number of aromatic hydroxyl groups is 1. The van der Waals surface area contributed by atoms with Gasteiger partial charge in [-0.2, -0.15) is 0 Å². The molecule has 5 heteroatoms. The monoisotopic (exact) mass is 332 g/mol. The molecule has 0 fully saturated rings. The lowest BCUT2D eigenvalue weighted by atomic mass is 10.2. The molecule has 4 nitrogen and oxygen atoms in total. The smallest absolute Gasteiger partial charge is 0.322 e. The molecule has 0 radical (unpaired) electrons. The first-order valence-electron chi connectivity index (χ1n) is 7.69. The molecule has 2 N–H and O–H groups in total. The fourth-order valence-corrected chi connectivity index (χ4v) is 2.39. The Balaban J connectivity index is 2.11. The molecule has 0 saturated carbocycles. The highest BCUT2D eigenvalue weighted by atomic mass is 35.5. The van der Waals surface area contributed by atoms with Crippen LogP contribution >= 0.6 is 11.6 Å². The minimum Gasteiger partial charge on any atom is -0.504 e. The third kappa shape index (κ3) is 4.89. The lowest BCUT2D eigenvalue weighted by Gasteiger charge is -2.23. The number of anilines is 1. The van der Waals surface area contributed by atoms with Crippen molar-refractivity contribution in [3.63, 3.8) is 0 Å². The maximum atomic E-state index is 12.5. The first-order valence-corrected chi connectivity index (χ1v) is 8.07. The predicted octanol–water partition coefficient (Wildman–Crippen LogP) is 4.88. The second-order valence-electron chi connectivity index (χ2n) is 5.33. The number of hydrogen-bond donors (Lipinski definition) is 2. The third-order valence-electron chi connectivity index (χ3n) is 3.51. The van der Waals surface area contributed by atoms with Crippen molar-refractivity contribution in [2.45, 2.75) is 26.3 Å². The maximum Gasteiger partial charge on any atom is 0.322 e. The van der Waals surface area contributed by atoms with E-state index < -0.39 is 0 Å². The number of rotatable bonds is 6. The number of para-hydroxylation sites is 1. The number of urea groups is 1. The van der Waals surface area contributed by atoms with Gasteiger partial charge in [-0.05, 0) is 24.1 Å². The van der Waals surface area contributed by atoms with Crippen LogP contribution in [0.2, 0.25) is 5.02 Å². The molecular formula is C18H21ClN2O2. The maximum absolute atomic E-state index is 12.5. The van der Waals surface area contributed by atoms with Crippen LogP contribution in [-0.4, -0.2) is 22.6 Å². The van der Waals surface area contributed by atoms with Crippen molar-refractivity contribution >= 4 is 23.3 Å². The molecule has 122 valence electrons. The number of nitrogens with one attached hydrogen (secondary N) is 1. The summed E-state index contributed by atoms with van der Waals surface area (Å²) < 4.78 is 0. The average Bonchev–Trinajstić information content (AvgIpc) is 2.56. The zero-order chi connectivity index (χ0) is 16.7. The van der Waals surface area contributed by atoms with Gasteiger partial charge < -0.3 is 15.3 Å². The number of carbonyl (C=O) groups excluding carboxylic acids is 1. The standard InChI is InChI=1S/C18H21ClN2O2/c1-2-3-12-21(13-14-8-5-4-6-9-14)18(23)20-16-11-7-10-15(19)17(16)22/h4-11,22H,2-3,12-13H2,1H3,(H,20,23). The van der Waals surface area contributed by atoms with Gasteiger partial charge in [0.1, 0.15) is 0 Å². The van der Waals surface area contributed by atoms with Gasteiger partial charge in [-0.15, -0.1) is 0 Å². The van der Waals surface area contributed by atoms with E-state index in [1.54, 1.807) is 23.1 Å². The highest BCUT2D eigenvalue weighted by Gasteiger charge is 2.16. The molecule has 0 bridgehead atoms. The van der Waals surface area contributed by atoms with E-state index in [-0.39, 0.29) is 16.8 Å². The van der Waals surface area contributed by atoms with E-state index in [4.69, 9.17) is 11.6 Å². The summed E-state index contributed by atoms with van der Waals surface area (Å²) in [6, 6.07) is 14.5. The Morgan fingerprint density at radius 1 is 1.17 bits per heavy atom. The molecule has 0 heterocycles. The fraction of sp³-hybridized carbons (Fsp3) is 0.278. The van der Waals surface area contributed by atoms with E-state index in [0.717, 1.165) is 18.4 Å². The van der Waals surface area contributed by atoms with Crippen molar-refractivity contribution in [3.05, 3.63) is 59.1 Å². The second-order valence-corrected chi connectivity index (χ2v) is 5.73. The Hall–Kier alpha value is -2.20. The molecule has 23 heavy (non-hydrogen) atoms. The minimum atomic E-state index is -0.250. The van der Waals surface area contributed by atoms with Crippen LogP contribution in [0.1, 0.15) is 25.3 Å². The predicted molar refractivity (Wildman–Crippen MR) is 93.9 cm³/mol. The number of carbonyl (C=O) groups is 1. The van der Waals surface area contributed by atoms with E-state index in [1.807, 2.05) is 30.3 Å². The van der Waals surface area contributed by atoms with Crippen molar-refractivity contribution < 1.29 is 9.90 Å². The van der Waals surface area contributed by atoms with Gasteiger partial charge in [0, 0.05) is 13.1 Å². The molecule has 0 aliphatic heterocycles. The van der Waals surface area contributed by atoms with Crippen LogP contribution in [0, 0.1) is 0 Å². The first kappa shape index (κ1) is 17.2. The van der Waals surface area contributed by atoms with Crippen molar-refractivity contribution in [2.75, 3.05) is 11.9 Å². The zero-order valence-electron chi connectivity index (χ0n) is 13.1. The van der Waals surface area contributed by atoms with Gasteiger partial charge in [-0.25, -0.2) is 4.79 Å². The SMILES string of the molecule is CCCCN(Cc1ccccc1)C(=O)Nc1cccc(Cl)c1O. The molecule has 0 aliphatic rings. The molecule has 0 spiro atoms. The van der Waals surface area contributed by atoms with Crippen molar-refractivity contribution in [2.24, 2.45) is 0 Å². The van der Waals surface area contributed by atoms with Crippen LogP contribution in [0.25, 0.3) is 0 Å². The summed E-state index contributed by atoms with van der Waals surface area (Å²) in [7, 11) is 0. The topological polar surface area (TPSA) is 52.6 Å². The van der Waals surface area contributed by atoms with E-state index >= 15 is 0 Å². The van der Waals surface area contributed by atoms with Crippen LogP contribution in [0.3, 0.4) is 0 Å². The molecule has 0 aromatic heterocycles. The van der Waals surface area contributed by atoms with E-state index in [1.165, 1.54) is 0 Å². The summed E-state index contributed by atoms with van der Waals surface area (Å²) in [5.74, 6) is -0.113. The number of amides is 2. The summed E-state index contributed by atoms with van der Waals surface area (Å²) in [6.07, 6.45) is 1.92. The van der Waals surface area contributed by atoms with Crippen molar-refractivity contribution in [1.29, 1.82) is 0 Å². The Bertz CT molecular complexity index is 647. The minimum absolute atomic E-state index is 0.113. The largest absolute Gasteiger partial charge is 0.504 e. The number of phenols is 1. The molecule has 2 amide bonds. The van der Waals surface area contributed by atoms with Gasteiger partial charge in [0.25, 0.3) is 0 Å². The number of nitrogens with zero attached hydrogens (tertiary/aromatic N) is 1. The van der Waals surface area contributed by atoms with Gasteiger partial charge in [-0.1, -0.05) is 61.3 Å². The summed E-state index contributed by atoms with van der Waals surface area (Å²) in [5.41, 5.74) is 1.38. The number of hydrogen-bond acceptors (Lipinski definition) is 2. The van der Waals surface area contributed by atoms with Gasteiger partial charge in [0.15, 0.2) is 5.75 Å². The molecule has 0 aliphatic carbocycles. The highest BCUT2D eigenvalue weighted by molar-refractivity contribution is 6.32. The Morgan fingerprint density at radius 2 is 1.91 bits per heavy atom. The van der Waals surface area contributed by atoms with Crippen molar-refractivity contribution in [3.8, 4) is 5.75 Å². The lowest BCUT2D eigenvalue weighted by molar-refractivity contribution is 0.208. The van der Waals surface area contributed by atoms with Gasteiger partial charge in [0.2, 0.25) is 0 Å². The van der Waals surface area contributed by atoms with Crippen LogP contribution in [-0.2, 0) is 6.54 Å². The molecule has 0 atom stereocenters. The fourth-order valence-electron chi connectivity index (χ4n) is 2.22. The molecule has 0 saturated heterocycles. The number of halogens is 1. The van der Waals surface area contributed by atoms with Crippen LogP contribution in [0.4, 0.5) is 10.5 Å². The molecule has 0 unspecified atom stereocenters. The normalized spacial score (nSPS) is 10.3. The van der Waals surface area contributed by atoms with Gasteiger partial charge in [-0.3, -0.25) is 0 Å². The molecular weight excluding hydrogens is 312 g/mol. The number of unbranched alkanes of at least 4 members (excludes halogenated alkanes) is 1. The lowest BCUT2D eigenvalue weighted by Crippen LogP contribution is -2.35. The summed E-state index contributed by atoms with van der Waals surface area (Å²) in [5, 5.41) is 12.9. The Kier molecular flexibility index (Phi) is 6.29. The molecule has 2 aromatic rings.